The van der Waals surface area contributed by atoms with Crippen LogP contribution in [0.2, 0.25) is 0 Å². The second-order valence-electron chi connectivity index (χ2n) is 9.45. The van der Waals surface area contributed by atoms with Gasteiger partial charge in [-0.1, -0.05) is 6.92 Å². The molecule has 1 aromatic heterocycles. The van der Waals surface area contributed by atoms with E-state index in [9.17, 15) is 18.0 Å². The highest BCUT2D eigenvalue weighted by Gasteiger charge is 2.54. The van der Waals surface area contributed by atoms with Crippen LogP contribution >= 0.6 is 0 Å². The number of nitrogens with one attached hydrogen (secondary N) is 1. The minimum atomic E-state index is -4.45. The summed E-state index contributed by atoms with van der Waals surface area (Å²) in [5.41, 5.74) is -0.233. The van der Waals surface area contributed by atoms with E-state index in [0.717, 1.165) is 30.2 Å². The summed E-state index contributed by atoms with van der Waals surface area (Å²) in [5.74, 6) is 2.39. The van der Waals surface area contributed by atoms with Gasteiger partial charge < -0.3 is 5.32 Å². The lowest BCUT2D eigenvalue weighted by atomic mass is 9.47. The maximum Gasteiger partial charge on any atom is 0.435 e. The number of aryl methyl sites for hydroxylation is 2. The molecule has 1 unspecified atom stereocenters. The number of hydrogen-bond donors (Lipinski definition) is 1. The molecule has 0 saturated heterocycles. The molecule has 4 saturated carbocycles. The van der Waals surface area contributed by atoms with Crippen LogP contribution in [0.1, 0.15) is 69.7 Å². The number of amides is 1. The molecule has 0 aliphatic heterocycles. The molecule has 1 N–H and O–H groups in total. The molecule has 1 heterocycles. The molecule has 1 aromatic rings. The highest BCUT2D eigenvalue weighted by molar-refractivity contribution is 5.76. The monoisotopic (exact) mass is 397 g/mol. The van der Waals surface area contributed by atoms with E-state index in [-0.39, 0.29) is 30.3 Å². The molecule has 1 atom stereocenters. The van der Waals surface area contributed by atoms with Gasteiger partial charge in [0.15, 0.2) is 5.69 Å². The fourth-order valence-corrected chi connectivity index (χ4v) is 6.64. The summed E-state index contributed by atoms with van der Waals surface area (Å²) in [4.78, 5) is 12.6. The van der Waals surface area contributed by atoms with E-state index in [1.54, 1.807) is 6.92 Å². The Morgan fingerprint density at radius 3 is 2.29 bits per heavy atom. The van der Waals surface area contributed by atoms with Crippen LogP contribution < -0.4 is 5.32 Å². The Bertz CT molecular complexity index is 704. The van der Waals surface area contributed by atoms with Gasteiger partial charge in [-0.05, 0) is 81.1 Å². The van der Waals surface area contributed by atoms with E-state index in [1.165, 1.54) is 43.2 Å². The average molecular weight is 397 g/mol. The highest BCUT2D eigenvalue weighted by atomic mass is 19.4. The van der Waals surface area contributed by atoms with Gasteiger partial charge in [-0.25, -0.2) is 0 Å². The molecule has 1 amide bonds. The first-order valence-corrected chi connectivity index (χ1v) is 10.6. The topological polar surface area (TPSA) is 46.9 Å². The first-order chi connectivity index (χ1) is 13.2. The van der Waals surface area contributed by atoms with Gasteiger partial charge in [0.05, 0.1) is 0 Å². The first kappa shape index (κ1) is 19.8. The first-order valence-electron chi connectivity index (χ1n) is 10.6. The van der Waals surface area contributed by atoms with Gasteiger partial charge in [-0.2, -0.15) is 18.3 Å². The Kier molecular flexibility index (Phi) is 4.99. The molecule has 4 aliphatic carbocycles. The third-order valence-electron chi connectivity index (χ3n) is 7.39. The Labute approximate surface area is 164 Å². The molecule has 7 heteroatoms. The zero-order chi connectivity index (χ0) is 20.1. The zero-order valence-corrected chi connectivity index (χ0v) is 16.7. The fourth-order valence-electron chi connectivity index (χ4n) is 6.64. The van der Waals surface area contributed by atoms with Gasteiger partial charge in [0, 0.05) is 24.7 Å². The number of aromatic nitrogens is 2. The van der Waals surface area contributed by atoms with E-state index < -0.39 is 11.9 Å². The second-order valence-corrected chi connectivity index (χ2v) is 9.45. The molecule has 5 rings (SSSR count). The number of nitrogens with zero attached hydrogens (tertiary/aromatic N) is 2. The van der Waals surface area contributed by atoms with E-state index in [4.69, 9.17) is 0 Å². The molecule has 156 valence electrons. The van der Waals surface area contributed by atoms with E-state index in [1.807, 2.05) is 0 Å². The fraction of sp³-hybridized carbons (Fsp3) is 0.810. The molecule has 28 heavy (non-hydrogen) atoms. The molecule has 0 spiro atoms. The van der Waals surface area contributed by atoms with E-state index >= 15 is 0 Å². The van der Waals surface area contributed by atoms with Crippen molar-refractivity contribution in [3.05, 3.63) is 17.5 Å². The van der Waals surface area contributed by atoms with Crippen LogP contribution in [0.3, 0.4) is 0 Å². The zero-order valence-electron chi connectivity index (χ0n) is 16.7. The summed E-state index contributed by atoms with van der Waals surface area (Å²) in [6.45, 7) is 3.90. The number of carbonyl (C=O) groups excluding carboxylic acids is 1. The minimum Gasteiger partial charge on any atom is -0.353 e. The predicted molar refractivity (Wildman–Crippen MR) is 99.4 cm³/mol. The quantitative estimate of drug-likeness (QED) is 0.756. The van der Waals surface area contributed by atoms with Crippen molar-refractivity contribution in [2.75, 3.05) is 0 Å². The number of hydrogen-bond acceptors (Lipinski definition) is 2. The van der Waals surface area contributed by atoms with Crippen molar-refractivity contribution in [3.8, 4) is 0 Å². The van der Waals surface area contributed by atoms with Crippen molar-refractivity contribution in [2.24, 2.45) is 23.2 Å². The second kappa shape index (κ2) is 7.06. The molecule has 4 aliphatic rings. The summed E-state index contributed by atoms with van der Waals surface area (Å²) >= 11 is 0. The van der Waals surface area contributed by atoms with Crippen molar-refractivity contribution < 1.29 is 18.0 Å². The smallest absolute Gasteiger partial charge is 0.353 e. The normalized spacial score (nSPS) is 32.5. The standard InChI is InChI=1S/C21H30F3N3O/c1-3-17(20-10-14-7-15(11-20)9-16(8-14)12-20)25-19(28)4-5-27-13(2)6-18(26-27)21(22,23)24/h6,14-17H,3-5,7-12H2,1-2H3,(H,25,28). The number of carbonyl (C=O) groups is 1. The maximum absolute atomic E-state index is 12.8. The summed E-state index contributed by atoms with van der Waals surface area (Å²) in [6, 6.07) is 1.21. The summed E-state index contributed by atoms with van der Waals surface area (Å²) in [7, 11) is 0. The third-order valence-corrected chi connectivity index (χ3v) is 7.39. The SMILES string of the molecule is CCC(NC(=O)CCn1nc(C(F)(F)F)cc1C)C12CC3CC(CC(C3)C1)C2. The van der Waals surface area contributed by atoms with Crippen LogP contribution in [0.5, 0.6) is 0 Å². The largest absolute Gasteiger partial charge is 0.435 e. The van der Waals surface area contributed by atoms with Crippen molar-refractivity contribution in [1.82, 2.24) is 15.1 Å². The van der Waals surface area contributed by atoms with Gasteiger partial charge in [0.2, 0.25) is 5.91 Å². The van der Waals surface area contributed by atoms with Gasteiger partial charge in [0.25, 0.3) is 0 Å². The van der Waals surface area contributed by atoms with Crippen LogP contribution in [-0.4, -0.2) is 21.7 Å². The van der Waals surface area contributed by atoms with Crippen molar-refractivity contribution in [2.45, 2.75) is 84.0 Å². The van der Waals surface area contributed by atoms with Gasteiger partial charge >= 0.3 is 6.18 Å². The summed E-state index contributed by atoms with van der Waals surface area (Å²) in [5, 5.41) is 6.87. The Hall–Kier alpha value is -1.53. The lowest BCUT2D eigenvalue weighted by molar-refractivity contribution is -0.141. The molecule has 4 fully saturated rings. The number of rotatable bonds is 6. The molecule has 4 bridgehead atoms. The third kappa shape index (κ3) is 3.69. The average Bonchev–Trinajstić information content (AvgIpc) is 2.97. The molecular weight excluding hydrogens is 367 g/mol. The molecule has 0 aromatic carbocycles. The maximum atomic E-state index is 12.8. The molecule has 0 radical (unpaired) electrons. The van der Waals surface area contributed by atoms with Crippen LogP contribution in [0.25, 0.3) is 0 Å². The van der Waals surface area contributed by atoms with Crippen molar-refractivity contribution >= 4 is 5.91 Å². The number of alkyl halides is 3. The van der Waals surface area contributed by atoms with Crippen LogP contribution in [0, 0.1) is 30.1 Å². The van der Waals surface area contributed by atoms with Crippen LogP contribution in [0.15, 0.2) is 6.07 Å². The lowest BCUT2D eigenvalue weighted by Crippen LogP contribution is -2.56. The molecular formula is C21H30F3N3O. The van der Waals surface area contributed by atoms with Crippen LogP contribution in [0.4, 0.5) is 13.2 Å². The Morgan fingerprint density at radius 2 is 1.82 bits per heavy atom. The number of halogens is 3. The summed E-state index contributed by atoms with van der Waals surface area (Å²) < 4.78 is 39.7. The van der Waals surface area contributed by atoms with E-state index in [2.05, 4.69) is 17.3 Å². The minimum absolute atomic E-state index is 0.0777. The van der Waals surface area contributed by atoms with Gasteiger partial charge in [-0.15, -0.1) is 0 Å². The van der Waals surface area contributed by atoms with Gasteiger partial charge in [0.1, 0.15) is 0 Å². The van der Waals surface area contributed by atoms with Crippen molar-refractivity contribution in [1.29, 1.82) is 0 Å². The highest BCUT2D eigenvalue weighted by Crippen LogP contribution is 2.61. The van der Waals surface area contributed by atoms with Gasteiger partial charge in [-0.3, -0.25) is 9.48 Å². The predicted octanol–water partition coefficient (Wildman–Crippen LogP) is 4.71. The Balaban J connectivity index is 1.37. The van der Waals surface area contributed by atoms with E-state index in [0.29, 0.717) is 5.69 Å². The summed E-state index contributed by atoms with van der Waals surface area (Å²) in [6.07, 6.45) is 4.39. The lowest BCUT2D eigenvalue weighted by Gasteiger charge is -2.59. The molecule has 4 nitrogen and oxygen atoms in total. The van der Waals surface area contributed by atoms with Crippen molar-refractivity contribution in [3.63, 3.8) is 0 Å². The Morgan fingerprint density at radius 1 is 1.25 bits per heavy atom. The van der Waals surface area contributed by atoms with Crippen LogP contribution in [-0.2, 0) is 17.5 Å².